The molecule has 0 bridgehead atoms. The third-order valence-corrected chi connectivity index (χ3v) is 2.89. The Balaban J connectivity index is 2.17. The molecule has 0 heterocycles. The number of benzene rings is 1. The number of nitrogens with one attached hydrogen (secondary N) is 1. The predicted octanol–water partition coefficient (Wildman–Crippen LogP) is 3.06. The van der Waals surface area contributed by atoms with Crippen molar-refractivity contribution < 1.29 is 0 Å². The number of hydrogen-bond donors (Lipinski definition) is 2. The fourth-order valence-electron chi connectivity index (χ4n) is 1.55. The largest absolute Gasteiger partial charge is 0.326 e. The molecule has 90 valence electrons. The summed E-state index contributed by atoms with van der Waals surface area (Å²) in [5.74, 6) is 0. The minimum Gasteiger partial charge on any atom is -0.326 e. The van der Waals surface area contributed by atoms with E-state index in [1.54, 1.807) is 0 Å². The molecule has 1 aromatic carbocycles. The van der Waals surface area contributed by atoms with Crippen molar-refractivity contribution in [2.75, 3.05) is 6.54 Å². The standard InChI is InChI=1S/C13H21BrN2/c1-13(2,15)7-4-8-16-10-11-5-3-6-12(14)9-11/h3,5-6,9,16H,4,7-8,10,15H2,1-2H3. The van der Waals surface area contributed by atoms with Crippen LogP contribution in [-0.2, 0) is 6.54 Å². The topological polar surface area (TPSA) is 38.0 Å². The Morgan fingerprint density at radius 1 is 1.38 bits per heavy atom. The van der Waals surface area contributed by atoms with Crippen molar-refractivity contribution in [3.63, 3.8) is 0 Å². The predicted molar refractivity (Wildman–Crippen MR) is 73.3 cm³/mol. The molecule has 1 rings (SSSR count). The lowest BCUT2D eigenvalue weighted by atomic mass is 10.0. The van der Waals surface area contributed by atoms with Gasteiger partial charge < -0.3 is 11.1 Å². The van der Waals surface area contributed by atoms with Gasteiger partial charge in [0.15, 0.2) is 0 Å². The Kier molecular flexibility index (Phi) is 5.46. The first-order chi connectivity index (χ1) is 7.47. The lowest BCUT2D eigenvalue weighted by molar-refractivity contribution is 0.448. The van der Waals surface area contributed by atoms with E-state index in [0.717, 1.165) is 30.4 Å². The molecule has 0 spiro atoms. The average molecular weight is 285 g/mol. The average Bonchev–Trinajstić information content (AvgIpc) is 2.15. The summed E-state index contributed by atoms with van der Waals surface area (Å²) in [7, 11) is 0. The van der Waals surface area contributed by atoms with Crippen LogP contribution in [0.2, 0.25) is 0 Å². The van der Waals surface area contributed by atoms with Crippen LogP contribution in [0.25, 0.3) is 0 Å². The van der Waals surface area contributed by atoms with Gasteiger partial charge in [-0.05, 0) is 50.9 Å². The van der Waals surface area contributed by atoms with E-state index in [1.807, 2.05) is 6.07 Å². The molecule has 3 N–H and O–H groups in total. The lowest BCUT2D eigenvalue weighted by Crippen LogP contribution is -2.32. The first kappa shape index (κ1) is 13.7. The molecule has 0 saturated heterocycles. The van der Waals surface area contributed by atoms with E-state index in [9.17, 15) is 0 Å². The summed E-state index contributed by atoms with van der Waals surface area (Å²) in [5.41, 5.74) is 7.18. The summed E-state index contributed by atoms with van der Waals surface area (Å²) in [6.07, 6.45) is 2.18. The fourth-order valence-corrected chi connectivity index (χ4v) is 2.00. The SMILES string of the molecule is CC(C)(N)CCCNCc1cccc(Br)c1. The van der Waals surface area contributed by atoms with Crippen LogP contribution in [0, 0.1) is 0 Å². The van der Waals surface area contributed by atoms with Gasteiger partial charge in [-0.1, -0.05) is 28.1 Å². The summed E-state index contributed by atoms with van der Waals surface area (Å²) in [5, 5.41) is 3.43. The Bertz CT molecular complexity index is 318. The van der Waals surface area contributed by atoms with E-state index < -0.39 is 0 Å². The molecule has 0 unspecified atom stereocenters. The van der Waals surface area contributed by atoms with E-state index in [1.165, 1.54) is 5.56 Å². The van der Waals surface area contributed by atoms with Crippen LogP contribution >= 0.6 is 15.9 Å². The first-order valence-electron chi connectivity index (χ1n) is 5.71. The summed E-state index contributed by atoms with van der Waals surface area (Å²) < 4.78 is 1.13. The molecule has 0 atom stereocenters. The molecule has 0 saturated carbocycles. The minimum atomic E-state index is -0.0442. The fraction of sp³-hybridized carbons (Fsp3) is 0.538. The highest BCUT2D eigenvalue weighted by Crippen LogP contribution is 2.11. The Morgan fingerprint density at radius 2 is 2.12 bits per heavy atom. The number of rotatable bonds is 6. The maximum absolute atomic E-state index is 5.91. The van der Waals surface area contributed by atoms with Gasteiger partial charge in [0.05, 0.1) is 0 Å². The quantitative estimate of drug-likeness (QED) is 0.788. The molecular weight excluding hydrogens is 264 g/mol. The Hall–Kier alpha value is -0.380. The van der Waals surface area contributed by atoms with Gasteiger partial charge in [0.2, 0.25) is 0 Å². The summed E-state index contributed by atoms with van der Waals surface area (Å²) in [6.45, 7) is 6.08. The van der Waals surface area contributed by atoms with Crippen molar-refractivity contribution >= 4 is 15.9 Å². The van der Waals surface area contributed by atoms with Crippen LogP contribution in [-0.4, -0.2) is 12.1 Å². The van der Waals surface area contributed by atoms with E-state index in [2.05, 4.69) is 53.3 Å². The summed E-state index contributed by atoms with van der Waals surface area (Å²) in [4.78, 5) is 0. The lowest BCUT2D eigenvalue weighted by Gasteiger charge is -2.17. The molecular formula is C13H21BrN2. The van der Waals surface area contributed by atoms with Crippen molar-refractivity contribution in [1.82, 2.24) is 5.32 Å². The Morgan fingerprint density at radius 3 is 2.75 bits per heavy atom. The molecule has 0 aliphatic carbocycles. The zero-order valence-electron chi connectivity index (χ0n) is 10.1. The van der Waals surface area contributed by atoms with E-state index in [-0.39, 0.29) is 5.54 Å². The molecule has 0 radical (unpaired) electrons. The molecule has 2 nitrogen and oxygen atoms in total. The third kappa shape index (κ3) is 6.26. The second kappa shape index (κ2) is 6.38. The Labute approximate surface area is 107 Å². The van der Waals surface area contributed by atoms with Gasteiger partial charge in [0.25, 0.3) is 0 Å². The molecule has 1 aromatic rings. The first-order valence-corrected chi connectivity index (χ1v) is 6.51. The van der Waals surface area contributed by atoms with Gasteiger partial charge in [-0.25, -0.2) is 0 Å². The maximum Gasteiger partial charge on any atom is 0.0205 e. The van der Waals surface area contributed by atoms with Gasteiger partial charge in [0.1, 0.15) is 0 Å². The smallest absolute Gasteiger partial charge is 0.0205 e. The molecule has 0 aliphatic rings. The highest BCUT2D eigenvalue weighted by Gasteiger charge is 2.08. The van der Waals surface area contributed by atoms with Crippen LogP contribution in [0.1, 0.15) is 32.3 Å². The number of halogens is 1. The van der Waals surface area contributed by atoms with Crippen LogP contribution in [0.5, 0.6) is 0 Å². The van der Waals surface area contributed by atoms with E-state index in [0.29, 0.717) is 0 Å². The van der Waals surface area contributed by atoms with Gasteiger partial charge in [0, 0.05) is 16.6 Å². The van der Waals surface area contributed by atoms with Gasteiger partial charge in [-0.2, -0.15) is 0 Å². The zero-order valence-corrected chi connectivity index (χ0v) is 11.7. The zero-order chi connectivity index (χ0) is 12.0. The van der Waals surface area contributed by atoms with Crippen LogP contribution < -0.4 is 11.1 Å². The minimum absolute atomic E-state index is 0.0442. The molecule has 0 aliphatic heterocycles. The van der Waals surface area contributed by atoms with Crippen LogP contribution in [0.15, 0.2) is 28.7 Å². The second-order valence-corrected chi connectivity index (χ2v) is 5.81. The van der Waals surface area contributed by atoms with E-state index in [4.69, 9.17) is 5.73 Å². The number of hydrogen-bond acceptors (Lipinski definition) is 2. The monoisotopic (exact) mass is 284 g/mol. The van der Waals surface area contributed by atoms with Gasteiger partial charge in [-0.3, -0.25) is 0 Å². The van der Waals surface area contributed by atoms with Crippen molar-refractivity contribution in [3.05, 3.63) is 34.3 Å². The van der Waals surface area contributed by atoms with Gasteiger partial charge in [-0.15, -0.1) is 0 Å². The molecule has 0 aromatic heterocycles. The second-order valence-electron chi connectivity index (χ2n) is 4.90. The molecule has 3 heteroatoms. The third-order valence-electron chi connectivity index (χ3n) is 2.39. The summed E-state index contributed by atoms with van der Waals surface area (Å²) >= 11 is 3.47. The highest BCUT2D eigenvalue weighted by molar-refractivity contribution is 9.10. The van der Waals surface area contributed by atoms with Gasteiger partial charge >= 0.3 is 0 Å². The highest BCUT2D eigenvalue weighted by atomic mass is 79.9. The van der Waals surface area contributed by atoms with Crippen molar-refractivity contribution in [2.24, 2.45) is 5.73 Å². The number of nitrogens with two attached hydrogens (primary N) is 1. The van der Waals surface area contributed by atoms with Crippen molar-refractivity contribution in [1.29, 1.82) is 0 Å². The molecule has 16 heavy (non-hydrogen) atoms. The molecule has 0 amide bonds. The van der Waals surface area contributed by atoms with Crippen LogP contribution in [0.3, 0.4) is 0 Å². The van der Waals surface area contributed by atoms with Crippen molar-refractivity contribution in [3.8, 4) is 0 Å². The maximum atomic E-state index is 5.91. The van der Waals surface area contributed by atoms with E-state index >= 15 is 0 Å². The van der Waals surface area contributed by atoms with Crippen molar-refractivity contribution in [2.45, 2.75) is 38.8 Å². The summed E-state index contributed by atoms with van der Waals surface area (Å²) in [6, 6.07) is 8.37. The van der Waals surface area contributed by atoms with Crippen LogP contribution in [0.4, 0.5) is 0 Å². The molecule has 0 fully saturated rings. The normalized spacial score (nSPS) is 11.8.